The standard InChI is InChI=1S/C14H18N4O.C12H18O/c1-4-10-13(15)17-11(5-2)14(18-10)19-12-8-9(3)6-7-16-12;1-10(2)13-9-8-12-7-5-4-6-11(12)3/h6-8H,4-5H2,1-3H3,(H2,15,17);4-7,10H,8-9H2,1-3H3. The second-order valence-corrected chi connectivity index (χ2v) is 7.88. The van der Waals surface area contributed by atoms with Crippen molar-refractivity contribution in [2.45, 2.75) is 66.9 Å². The van der Waals surface area contributed by atoms with Crippen LogP contribution in [0.15, 0.2) is 42.6 Å². The Morgan fingerprint density at radius 1 is 0.969 bits per heavy atom. The molecular weight excluding hydrogens is 400 g/mol. The summed E-state index contributed by atoms with van der Waals surface area (Å²) in [6.45, 7) is 13.1. The third-order valence-corrected chi connectivity index (χ3v) is 4.88. The molecule has 0 saturated heterocycles. The fourth-order valence-electron chi connectivity index (χ4n) is 3.03. The molecule has 1 aromatic carbocycles. The number of nitrogens with two attached hydrogens (primary N) is 1. The molecule has 0 unspecified atom stereocenters. The highest BCUT2D eigenvalue weighted by atomic mass is 16.5. The van der Waals surface area contributed by atoms with Crippen LogP contribution in [0.25, 0.3) is 0 Å². The van der Waals surface area contributed by atoms with Crippen LogP contribution in [0.3, 0.4) is 0 Å². The number of anilines is 1. The zero-order valence-electron chi connectivity index (χ0n) is 20.2. The molecule has 0 atom stereocenters. The average Bonchev–Trinajstić information content (AvgIpc) is 2.76. The van der Waals surface area contributed by atoms with E-state index in [-0.39, 0.29) is 0 Å². The number of aromatic nitrogens is 3. The van der Waals surface area contributed by atoms with Crippen molar-refractivity contribution in [2.75, 3.05) is 12.3 Å². The number of aryl methyl sites for hydroxylation is 4. The van der Waals surface area contributed by atoms with Gasteiger partial charge in [-0.1, -0.05) is 38.1 Å². The average molecular weight is 437 g/mol. The first-order chi connectivity index (χ1) is 15.3. The molecule has 3 rings (SSSR count). The third-order valence-electron chi connectivity index (χ3n) is 4.88. The van der Waals surface area contributed by atoms with Crippen molar-refractivity contribution >= 4 is 5.82 Å². The monoisotopic (exact) mass is 436 g/mol. The maximum atomic E-state index is 5.85. The summed E-state index contributed by atoms with van der Waals surface area (Å²) in [5.41, 5.74) is 11.2. The summed E-state index contributed by atoms with van der Waals surface area (Å²) in [7, 11) is 0. The summed E-state index contributed by atoms with van der Waals surface area (Å²) in [6, 6.07) is 12.2. The van der Waals surface area contributed by atoms with E-state index >= 15 is 0 Å². The van der Waals surface area contributed by atoms with E-state index in [2.05, 4.69) is 60.0 Å². The summed E-state index contributed by atoms with van der Waals surface area (Å²) in [6.07, 6.45) is 4.50. The third kappa shape index (κ3) is 7.93. The van der Waals surface area contributed by atoms with Crippen molar-refractivity contribution in [1.29, 1.82) is 0 Å². The normalized spacial score (nSPS) is 10.6. The molecule has 0 aliphatic heterocycles. The lowest BCUT2D eigenvalue weighted by atomic mass is 10.1. The van der Waals surface area contributed by atoms with Gasteiger partial charge in [-0.05, 0) is 69.7 Å². The molecule has 0 amide bonds. The lowest BCUT2D eigenvalue weighted by Crippen LogP contribution is -2.06. The van der Waals surface area contributed by atoms with Crippen LogP contribution in [0, 0.1) is 13.8 Å². The van der Waals surface area contributed by atoms with E-state index in [9.17, 15) is 0 Å². The van der Waals surface area contributed by atoms with Crippen molar-refractivity contribution in [3.05, 3.63) is 70.7 Å². The maximum absolute atomic E-state index is 5.85. The molecule has 2 aromatic heterocycles. The van der Waals surface area contributed by atoms with Gasteiger partial charge in [0.2, 0.25) is 11.8 Å². The molecule has 172 valence electrons. The fourth-order valence-corrected chi connectivity index (χ4v) is 3.03. The number of ether oxygens (including phenoxy) is 2. The van der Waals surface area contributed by atoms with Crippen molar-refractivity contribution in [3.8, 4) is 11.8 Å². The largest absolute Gasteiger partial charge is 0.419 e. The Bertz CT molecular complexity index is 989. The van der Waals surface area contributed by atoms with Gasteiger partial charge >= 0.3 is 0 Å². The van der Waals surface area contributed by atoms with E-state index in [1.807, 2.05) is 32.9 Å². The number of nitrogens with zero attached hydrogens (tertiary/aromatic N) is 3. The molecular formula is C26H36N4O2. The lowest BCUT2D eigenvalue weighted by Gasteiger charge is -2.11. The van der Waals surface area contributed by atoms with Crippen molar-refractivity contribution < 1.29 is 9.47 Å². The Morgan fingerprint density at radius 3 is 2.31 bits per heavy atom. The van der Waals surface area contributed by atoms with Gasteiger partial charge in [0.15, 0.2) is 0 Å². The highest BCUT2D eigenvalue weighted by molar-refractivity contribution is 5.40. The molecule has 2 N–H and O–H groups in total. The quantitative estimate of drug-likeness (QED) is 0.492. The van der Waals surface area contributed by atoms with Gasteiger partial charge in [-0.15, -0.1) is 0 Å². The fraction of sp³-hybridized carbons (Fsp3) is 0.423. The van der Waals surface area contributed by atoms with Gasteiger partial charge in [-0.3, -0.25) is 0 Å². The van der Waals surface area contributed by atoms with E-state index in [0.717, 1.165) is 36.4 Å². The number of hydrogen-bond donors (Lipinski definition) is 1. The van der Waals surface area contributed by atoms with Crippen LogP contribution in [-0.2, 0) is 24.0 Å². The molecule has 6 nitrogen and oxygen atoms in total. The van der Waals surface area contributed by atoms with Gasteiger partial charge in [-0.25, -0.2) is 15.0 Å². The van der Waals surface area contributed by atoms with Gasteiger partial charge in [0.1, 0.15) is 11.5 Å². The van der Waals surface area contributed by atoms with Crippen LogP contribution in [0.5, 0.6) is 11.8 Å². The predicted molar refractivity (Wildman–Crippen MR) is 130 cm³/mol. The SMILES string of the molecule is CCc1nc(Oc2cc(C)ccn2)c(CC)nc1N.Cc1ccccc1CCOC(C)C. The zero-order valence-corrected chi connectivity index (χ0v) is 20.2. The summed E-state index contributed by atoms with van der Waals surface area (Å²) in [5, 5.41) is 0. The van der Waals surface area contributed by atoms with E-state index < -0.39 is 0 Å². The molecule has 2 heterocycles. The van der Waals surface area contributed by atoms with Crippen molar-refractivity contribution in [3.63, 3.8) is 0 Å². The van der Waals surface area contributed by atoms with E-state index in [0.29, 0.717) is 30.1 Å². The summed E-state index contributed by atoms with van der Waals surface area (Å²) >= 11 is 0. The summed E-state index contributed by atoms with van der Waals surface area (Å²) < 4.78 is 11.2. The van der Waals surface area contributed by atoms with Crippen LogP contribution >= 0.6 is 0 Å². The van der Waals surface area contributed by atoms with Gasteiger partial charge < -0.3 is 15.2 Å². The first-order valence-corrected chi connectivity index (χ1v) is 11.3. The van der Waals surface area contributed by atoms with Crippen LogP contribution in [-0.4, -0.2) is 27.7 Å². The van der Waals surface area contributed by atoms with Crippen molar-refractivity contribution in [1.82, 2.24) is 15.0 Å². The van der Waals surface area contributed by atoms with Gasteiger partial charge in [-0.2, -0.15) is 0 Å². The number of nitrogen functional groups attached to an aromatic ring is 1. The van der Waals surface area contributed by atoms with Crippen LogP contribution in [0.1, 0.15) is 55.8 Å². The highest BCUT2D eigenvalue weighted by Crippen LogP contribution is 2.24. The number of benzene rings is 1. The first kappa shape index (κ1) is 25.3. The number of pyridine rings is 1. The molecule has 0 spiro atoms. The molecule has 0 radical (unpaired) electrons. The minimum absolute atomic E-state index is 0.337. The topological polar surface area (TPSA) is 83.2 Å². The van der Waals surface area contributed by atoms with Gasteiger partial charge in [0.05, 0.1) is 18.4 Å². The smallest absolute Gasteiger partial charge is 0.243 e. The number of hydrogen-bond acceptors (Lipinski definition) is 6. The highest BCUT2D eigenvalue weighted by Gasteiger charge is 2.12. The molecule has 32 heavy (non-hydrogen) atoms. The Hall–Kier alpha value is -2.99. The molecule has 0 bridgehead atoms. The minimum atomic E-state index is 0.337. The molecule has 0 saturated carbocycles. The molecule has 0 aliphatic carbocycles. The maximum Gasteiger partial charge on any atom is 0.243 e. The first-order valence-electron chi connectivity index (χ1n) is 11.3. The minimum Gasteiger partial charge on any atom is -0.419 e. The molecule has 3 aromatic rings. The van der Waals surface area contributed by atoms with Crippen LogP contribution in [0.4, 0.5) is 5.82 Å². The van der Waals surface area contributed by atoms with Gasteiger partial charge in [0, 0.05) is 12.3 Å². The summed E-state index contributed by atoms with van der Waals surface area (Å²) in [5.74, 6) is 1.49. The van der Waals surface area contributed by atoms with Crippen LogP contribution in [0.2, 0.25) is 0 Å². The Balaban J connectivity index is 0.000000244. The predicted octanol–water partition coefficient (Wildman–Crippen LogP) is 5.64. The van der Waals surface area contributed by atoms with Crippen LogP contribution < -0.4 is 10.5 Å². The van der Waals surface area contributed by atoms with E-state index in [4.69, 9.17) is 15.2 Å². The van der Waals surface area contributed by atoms with E-state index in [1.54, 1.807) is 6.20 Å². The summed E-state index contributed by atoms with van der Waals surface area (Å²) in [4.78, 5) is 12.9. The Kier molecular flexibility index (Phi) is 10.1. The molecule has 0 fully saturated rings. The Morgan fingerprint density at radius 2 is 1.69 bits per heavy atom. The second-order valence-electron chi connectivity index (χ2n) is 7.88. The zero-order chi connectivity index (χ0) is 23.5. The Labute approximate surface area is 192 Å². The second kappa shape index (κ2) is 12.8. The molecule has 6 heteroatoms. The number of rotatable bonds is 8. The lowest BCUT2D eigenvalue weighted by molar-refractivity contribution is 0.0813. The van der Waals surface area contributed by atoms with Crippen molar-refractivity contribution in [2.24, 2.45) is 0 Å². The van der Waals surface area contributed by atoms with E-state index in [1.165, 1.54) is 11.1 Å². The molecule has 0 aliphatic rings. The van der Waals surface area contributed by atoms with Gasteiger partial charge in [0.25, 0.3) is 0 Å².